The van der Waals surface area contributed by atoms with Gasteiger partial charge in [-0.15, -0.1) is 6.58 Å². The minimum absolute atomic E-state index is 0.428. The van der Waals surface area contributed by atoms with Crippen molar-refractivity contribution in [3.8, 4) is 0 Å². The maximum atomic E-state index is 11.2. The highest BCUT2D eigenvalue weighted by atomic mass is 16.3. The minimum Gasteiger partial charge on any atom is -0.389 e. The van der Waals surface area contributed by atoms with Crippen molar-refractivity contribution in [1.29, 1.82) is 0 Å². The van der Waals surface area contributed by atoms with Crippen LogP contribution in [0.25, 0.3) is 0 Å². The molecule has 1 nitrogen and oxygen atoms in total. The molecule has 98 valence electrons. The molecule has 2 aliphatic rings. The topological polar surface area (TPSA) is 20.2 Å². The molecule has 2 rings (SSSR count). The van der Waals surface area contributed by atoms with Gasteiger partial charge in [-0.2, -0.15) is 0 Å². The van der Waals surface area contributed by atoms with Crippen LogP contribution in [0.3, 0.4) is 0 Å². The van der Waals surface area contributed by atoms with Gasteiger partial charge in [-0.1, -0.05) is 44.6 Å². The summed E-state index contributed by atoms with van der Waals surface area (Å²) in [4.78, 5) is 0. The molecule has 0 spiro atoms. The predicted octanol–water partition coefficient (Wildman–Crippen LogP) is 4.45. The van der Waals surface area contributed by atoms with Gasteiger partial charge in [0.05, 0.1) is 5.60 Å². The molecule has 1 heteroatoms. The van der Waals surface area contributed by atoms with Gasteiger partial charge in [0, 0.05) is 0 Å². The highest BCUT2D eigenvalue weighted by molar-refractivity contribution is 4.98. The molecule has 0 unspecified atom stereocenters. The fourth-order valence-electron chi connectivity index (χ4n) is 4.10. The van der Waals surface area contributed by atoms with E-state index in [2.05, 4.69) is 6.58 Å². The molecule has 0 aromatic carbocycles. The summed E-state index contributed by atoms with van der Waals surface area (Å²) in [6.07, 6.45) is 15.7. The molecule has 0 radical (unpaired) electrons. The van der Waals surface area contributed by atoms with Crippen LogP contribution < -0.4 is 0 Å². The van der Waals surface area contributed by atoms with Crippen LogP contribution in [-0.4, -0.2) is 10.7 Å². The van der Waals surface area contributed by atoms with E-state index >= 15 is 0 Å². The van der Waals surface area contributed by atoms with Crippen molar-refractivity contribution < 1.29 is 5.11 Å². The van der Waals surface area contributed by atoms with Crippen molar-refractivity contribution in [3.63, 3.8) is 0 Å². The van der Waals surface area contributed by atoms with E-state index in [0.29, 0.717) is 11.8 Å². The molecule has 0 heterocycles. The third-order valence-electron chi connectivity index (χ3n) is 5.10. The summed E-state index contributed by atoms with van der Waals surface area (Å²) in [7, 11) is 0. The van der Waals surface area contributed by atoms with E-state index in [-0.39, 0.29) is 0 Å². The second kappa shape index (κ2) is 6.04. The monoisotopic (exact) mass is 236 g/mol. The average Bonchev–Trinajstić information content (AvgIpc) is 2.41. The Morgan fingerprint density at radius 2 is 1.29 bits per heavy atom. The van der Waals surface area contributed by atoms with Crippen LogP contribution in [0.4, 0.5) is 0 Å². The summed E-state index contributed by atoms with van der Waals surface area (Å²) in [5.74, 6) is 1.08. The van der Waals surface area contributed by atoms with Crippen molar-refractivity contribution in [3.05, 3.63) is 12.7 Å². The van der Waals surface area contributed by atoms with Crippen LogP contribution in [-0.2, 0) is 0 Å². The van der Waals surface area contributed by atoms with Crippen molar-refractivity contribution in [2.75, 3.05) is 0 Å². The highest BCUT2D eigenvalue weighted by Crippen LogP contribution is 2.44. The normalized spacial score (nSPS) is 24.8. The van der Waals surface area contributed by atoms with Gasteiger partial charge in [-0.05, 0) is 43.9 Å². The molecule has 0 aliphatic heterocycles. The highest BCUT2D eigenvalue weighted by Gasteiger charge is 2.42. The lowest BCUT2D eigenvalue weighted by Crippen LogP contribution is -2.46. The first-order chi connectivity index (χ1) is 8.27. The quantitative estimate of drug-likeness (QED) is 0.715. The Morgan fingerprint density at radius 3 is 1.65 bits per heavy atom. The summed E-state index contributed by atoms with van der Waals surface area (Å²) in [6.45, 7) is 3.88. The van der Waals surface area contributed by atoms with Crippen molar-refractivity contribution in [2.24, 2.45) is 11.8 Å². The molecule has 0 aromatic rings. The van der Waals surface area contributed by atoms with Gasteiger partial charge in [0.15, 0.2) is 0 Å². The number of aliphatic hydroxyl groups is 1. The van der Waals surface area contributed by atoms with Crippen molar-refractivity contribution >= 4 is 0 Å². The molecule has 2 saturated carbocycles. The van der Waals surface area contributed by atoms with E-state index in [4.69, 9.17) is 0 Å². The molecule has 1 N–H and O–H groups in total. The maximum absolute atomic E-state index is 11.2. The summed E-state index contributed by atoms with van der Waals surface area (Å²) < 4.78 is 0. The van der Waals surface area contributed by atoms with E-state index in [1.807, 2.05) is 6.08 Å². The van der Waals surface area contributed by atoms with E-state index < -0.39 is 5.60 Å². The molecule has 0 saturated heterocycles. The zero-order valence-corrected chi connectivity index (χ0v) is 11.2. The Morgan fingerprint density at radius 1 is 0.882 bits per heavy atom. The summed E-state index contributed by atoms with van der Waals surface area (Å²) in [5.41, 5.74) is -0.428. The van der Waals surface area contributed by atoms with Crippen LogP contribution in [0.15, 0.2) is 12.7 Å². The molecular weight excluding hydrogens is 208 g/mol. The molecule has 2 aliphatic carbocycles. The first kappa shape index (κ1) is 13.1. The fraction of sp³-hybridized carbons (Fsp3) is 0.875. The Labute approximate surface area is 106 Å². The SMILES string of the molecule is C=CCC(O)(C1CCCCC1)C1CCCCC1. The van der Waals surface area contributed by atoms with E-state index in [1.54, 1.807) is 0 Å². The van der Waals surface area contributed by atoms with Gasteiger partial charge < -0.3 is 5.11 Å². The molecule has 17 heavy (non-hydrogen) atoms. The van der Waals surface area contributed by atoms with Crippen LogP contribution in [0.5, 0.6) is 0 Å². The van der Waals surface area contributed by atoms with Crippen LogP contribution in [0.2, 0.25) is 0 Å². The van der Waals surface area contributed by atoms with Crippen molar-refractivity contribution in [2.45, 2.75) is 76.2 Å². The van der Waals surface area contributed by atoms with Gasteiger partial charge in [0.1, 0.15) is 0 Å². The molecule has 0 aromatic heterocycles. The first-order valence-corrected chi connectivity index (χ1v) is 7.60. The van der Waals surface area contributed by atoms with Crippen LogP contribution >= 0.6 is 0 Å². The molecular formula is C16H28O. The summed E-state index contributed by atoms with van der Waals surface area (Å²) in [6, 6.07) is 0. The average molecular weight is 236 g/mol. The number of rotatable bonds is 4. The largest absolute Gasteiger partial charge is 0.389 e. The maximum Gasteiger partial charge on any atom is 0.0737 e. The lowest BCUT2D eigenvalue weighted by molar-refractivity contribution is -0.0893. The van der Waals surface area contributed by atoms with E-state index in [1.165, 1.54) is 64.2 Å². The Kier molecular flexibility index (Phi) is 4.67. The lowest BCUT2D eigenvalue weighted by atomic mass is 9.65. The smallest absolute Gasteiger partial charge is 0.0737 e. The summed E-state index contributed by atoms with van der Waals surface area (Å²) >= 11 is 0. The van der Waals surface area contributed by atoms with Gasteiger partial charge >= 0.3 is 0 Å². The van der Waals surface area contributed by atoms with E-state index in [0.717, 1.165) is 6.42 Å². The fourth-order valence-corrected chi connectivity index (χ4v) is 4.10. The molecule has 0 amide bonds. The Hall–Kier alpha value is -0.300. The van der Waals surface area contributed by atoms with Crippen molar-refractivity contribution in [1.82, 2.24) is 0 Å². The molecule has 2 fully saturated rings. The zero-order valence-electron chi connectivity index (χ0n) is 11.2. The van der Waals surface area contributed by atoms with Crippen LogP contribution in [0, 0.1) is 11.8 Å². The predicted molar refractivity (Wildman–Crippen MR) is 72.9 cm³/mol. The minimum atomic E-state index is -0.428. The standard InChI is InChI=1S/C16H28O/c1-2-13-16(17,14-9-5-3-6-10-14)15-11-7-4-8-12-15/h2,14-15,17H,1,3-13H2. The second-order valence-electron chi connectivity index (χ2n) is 6.15. The molecule has 0 bridgehead atoms. The van der Waals surface area contributed by atoms with Gasteiger partial charge in [0.2, 0.25) is 0 Å². The number of hydrogen-bond donors (Lipinski definition) is 1. The van der Waals surface area contributed by atoms with Gasteiger partial charge in [0.25, 0.3) is 0 Å². The summed E-state index contributed by atoms with van der Waals surface area (Å²) in [5, 5.41) is 11.2. The third-order valence-corrected chi connectivity index (χ3v) is 5.10. The zero-order chi connectivity index (χ0) is 12.1. The van der Waals surface area contributed by atoms with Gasteiger partial charge in [-0.3, -0.25) is 0 Å². The first-order valence-electron chi connectivity index (χ1n) is 7.60. The molecule has 0 atom stereocenters. The Balaban J connectivity index is 2.08. The van der Waals surface area contributed by atoms with Crippen LogP contribution in [0.1, 0.15) is 70.6 Å². The Bertz CT molecular complexity index is 216. The lowest BCUT2D eigenvalue weighted by Gasteiger charge is -2.45. The number of hydrogen-bond acceptors (Lipinski definition) is 1. The van der Waals surface area contributed by atoms with E-state index in [9.17, 15) is 5.11 Å². The van der Waals surface area contributed by atoms with Gasteiger partial charge in [-0.25, -0.2) is 0 Å². The third kappa shape index (κ3) is 2.93. The second-order valence-corrected chi connectivity index (χ2v) is 6.15.